The van der Waals surface area contributed by atoms with Crippen molar-refractivity contribution in [1.82, 2.24) is 4.98 Å². The Kier molecular flexibility index (Phi) is 4.91. The highest BCUT2D eigenvalue weighted by atomic mass is 16.5. The van der Waals surface area contributed by atoms with Crippen molar-refractivity contribution in [3.63, 3.8) is 0 Å². The van der Waals surface area contributed by atoms with Gasteiger partial charge in [0, 0.05) is 22.9 Å². The van der Waals surface area contributed by atoms with E-state index in [1.54, 1.807) is 32.4 Å². The second-order valence-corrected chi connectivity index (χ2v) is 6.62. The molecule has 1 amide bonds. The predicted octanol–water partition coefficient (Wildman–Crippen LogP) is 5.07. The highest BCUT2D eigenvalue weighted by Crippen LogP contribution is 2.27. The standard InChI is InChI=1S/C23H20N2O4/c1-14-4-9-20-21(10-14)29-23(25-20)15-5-7-17(8-6-15)24-22(26)16-11-18(27-2)13-19(12-16)28-3/h4-13H,1-3H3,(H,24,26). The number of carbonyl (C=O) groups is 1. The number of amides is 1. The first-order chi connectivity index (χ1) is 14.1. The molecule has 146 valence electrons. The lowest BCUT2D eigenvalue weighted by atomic mass is 10.1. The summed E-state index contributed by atoms with van der Waals surface area (Å²) in [6.07, 6.45) is 0. The molecule has 1 heterocycles. The highest BCUT2D eigenvalue weighted by Gasteiger charge is 2.12. The molecule has 6 heteroatoms. The minimum Gasteiger partial charge on any atom is -0.497 e. The van der Waals surface area contributed by atoms with Gasteiger partial charge in [-0.1, -0.05) is 6.07 Å². The number of fused-ring (bicyclic) bond motifs is 1. The van der Waals surface area contributed by atoms with Crippen LogP contribution in [0, 0.1) is 6.92 Å². The maximum Gasteiger partial charge on any atom is 0.255 e. The van der Waals surface area contributed by atoms with E-state index in [1.165, 1.54) is 0 Å². The maximum atomic E-state index is 12.6. The van der Waals surface area contributed by atoms with Crippen molar-refractivity contribution in [1.29, 1.82) is 0 Å². The molecule has 3 aromatic carbocycles. The molecule has 0 aliphatic rings. The second-order valence-electron chi connectivity index (χ2n) is 6.62. The number of hydrogen-bond donors (Lipinski definition) is 1. The summed E-state index contributed by atoms with van der Waals surface area (Å²) in [5, 5.41) is 2.87. The van der Waals surface area contributed by atoms with Gasteiger partial charge in [0.05, 0.1) is 14.2 Å². The molecule has 0 aliphatic heterocycles. The molecule has 1 aromatic heterocycles. The Balaban J connectivity index is 1.54. The van der Waals surface area contributed by atoms with Gasteiger partial charge in [-0.3, -0.25) is 4.79 Å². The molecule has 0 atom stereocenters. The minimum atomic E-state index is -0.257. The number of aromatic nitrogens is 1. The van der Waals surface area contributed by atoms with E-state index >= 15 is 0 Å². The van der Waals surface area contributed by atoms with Crippen LogP contribution in [0.25, 0.3) is 22.6 Å². The van der Waals surface area contributed by atoms with Gasteiger partial charge in [-0.2, -0.15) is 0 Å². The van der Waals surface area contributed by atoms with E-state index < -0.39 is 0 Å². The van der Waals surface area contributed by atoms with Crippen molar-refractivity contribution in [2.45, 2.75) is 6.92 Å². The molecule has 0 fully saturated rings. The minimum absolute atomic E-state index is 0.257. The summed E-state index contributed by atoms with van der Waals surface area (Å²) in [5.41, 5.74) is 4.62. The molecular formula is C23H20N2O4. The Bertz CT molecular complexity index is 1160. The lowest BCUT2D eigenvalue weighted by Gasteiger charge is -2.09. The van der Waals surface area contributed by atoms with Gasteiger partial charge in [-0.15, -0.1) is 0 Å². The number of aryl methyl sites for hydroxylation is 1. The third-order valence-corrected chi connectivity index (χ3v) is 4.55. The molecule has 29 heavy (non-hydrogen) atoms. The van der Waals surface area contributed by atoms with Crippen LogP contribution < -0.4 is 14.8 Å². The average molecular weight is 388 g/mol. The van der Waals surface area contributed by atoms with Crippen molar-refractivity contribution in [3.8, 4) is 23.0 Å². The fraction of sp³-hybridized carbons (Fsp3) is 0.130. The number of nitrogens with zero attached hydrogens (tertiary/aromatic N) is 1. The Morgan fingerprint density at radius 3 is 2.28 bits per heavy atom. The van der Waals surface area contributed by atoms with E-state index in [-0.39, 0.29) is 5.91 Å². The van der Waals surface area contributed by atoms with Crippen LogP contribution in [-0.4, -0.2) is 25.1 Å². The predicted molar refractivity (Wildman–Crippen MR) is 112 cm³/mol. The van der Waals surface area contributed by atoms with Crippen LogP contribution in [0.5, 0.6) is 11.5 Å². The van der Waals surface area contributed by atoms with E-state index in [0.717, 1.165) is 22.2 Å². The Morgan fingerprint density at radius 1 is 0.931 bits per heavy atom. The Morgan fingerprint density at radius 2 is 1.62 bits per heavy atom. The summed E-state index contributed by atoms with van der Waals surface area (Å²) in [7, 11) is 3.09. The van der Waals surface area contributed by atoms with Crippen LogP contribution >= 0.6 is 0 Å². The quantitative estimate of drug-likeness (QED) is 0.516. The van der Waals surface area contributed by atoms with Gasteiger partial charge >= 0.3 is 0 Å². The summed E-state index contributed by atoms with van der Waals surface area (Å²) in [6.45, 7) is 2.01. The van der Waals surface area contributed by atoms with Crippen molar-refractivity contribution >= 4 is 22.7 Å². The number of benzene rings is 3. The summed E-state index contributed by atoms with van der Waals surface area (Å²) >= 11 is 0. The molecule has 0 aliphatic carbocycles. The Hall–Kier alpha value is -3.80. The van der Waals surface area contributed by atoms with Gasteiger partial charge < -0.3 is 19.2 Å². The van der Waals surface area contributed by atoms with E-state index in [0.29, 0.717) is 28.6 Å². The largest absolute Gasteiger partial charge is 0.497 e. The number of hydrogen-bond acceptors (Lipinski definition) is 5. The average Bonchev–Trinajstić information content (AvgIpc) is 3.17. The van der Waals surface area contributed by atoms with Crippen LogP contribution in [0.3, 0.4) is 0 Å². The molecule has 1 N–H and O–H groups in total. The molecule has 6 nitrogen and oxygen atoms in total. The summed E-state index contributed by atoms with van der Waals surface area (Å²) < 4.78 is 16.3. The smallest absolute Gasteiger partial charge is 0.255 e. The number of methoxy groups -OCH3 is 2. The monoisotopic (exact) mass is 388 g/mol. The van der Waals surface area contributed by atoms with Crippen LogP contribution in [0.15, 0.2) is 65.1 Å². The van der Waals surface area contributed by atoms with Gasteiger partial charge in [0.15, 0.2) is 5.58 Å². The van der Waals surface area contributed by atoms with Gasteiger partial charge in [0.25, 0.3) is 5.91 Å². The van der Waals surface area contributed by atoms with Crippen LogP contribution in [0.4, 0.5) is 5.69 Å². The molecule has 0 spiro atoms. The maximum absolute atomic E-state index is 12.6. The van der Waals surface area contributed by atoms with Gasteiger partial charge in [-0.05, 0) is 61.0 Å². The molecule has 4 aromatic rings. The van der Waals surface area contributed by atoms with E-state index in [9.17, 15) is 4.79 Å². The number of nitrogens with one attached hydrogen (secondary N) is 1. The molecule has 0 unspecified atom stereocenters. The topological polar surface area (TPSA) is 73.6 Å². The first-order valence-electron chi connectivity index (χ1n) is 9.08. The van der Waals surface area contributed by atoms with Crippen LogP contribution in [-0.2, 0) is 0 Å². The van der Waals surface area contributed by atoms with Gasteiger partial charge in [0.2, 0.25) is 5.89 Å². The molecule has 0 radical (unpaired) electrons. The fourth-order valence-electron chi connectivity index (χ4n) is 2.99. The van der Waals surface area contributed by atoms with Crippen molar-refractivity contribution in [2.24, 2.45) is 0 Å². The zero-order valence-corrected chi connectivity index (χ0v) is 16.4. The van der Waals surface area contributed by atoms with Gasteiger partial charge in [0.1, 0.15) is 17.0 Å². The second kappa shape index (κ2) is 7.67. The number of ether oxygens (including phenoxy) is 2. The van der Waals surface area contributed by atoms with Crippen molar-refractivity contribution in [2.75, 3.05) is 19.5 Å². The molecule has 0 saturated carbocycles. The van der Waals surface area contributed by atoms with Crippen molar-refractivity contribution < 1.29 is 18.7 Å². The SMILES string of the molecule is COc1cc(OC)cc(C(=O)Nc2ccc(-c3nc4ccc(C)cc4o3)cc2)c1. The summed E-state index contributed by atoms with van der Waals surface area (Å²) in [4.78, 5) is 17.1. The van der Waals surface area contributed by atoms with Crippen LogP contribution in [0.2, 0.25) is 0 Å². The first kappa shape index (κ1) is 18.6. The fourth-order valence-corrected chi connectivity index (χ4v) is 2.99. The molecule has 0 saturated heterocycles. The lowest BCUT2D eigenvalue weighted by Crippen LogP contribution is -2.12. The first-order valence-corrected chi connectivity index (χ1v) is 9.08. The highest BCUT2D eigenvalue weighted by molar-refractivity contribution is 6.04. The summed E-state index contributed by atoms with van der Waals surface area (Å²) in [5.74, 6) is 1.39. The number of anilines is 1. The zero-order chi connectivity index (χ0) is 20.4. The van der Waals surface area contributed by atoms with E-state index in [1.807, 2.05) is 49.4 Å². The number of oxazole rings is 1. The molecular weight excluding hydrogens is 368 g/mol. The third kappa shape index (κ3) is 3.91. The molecule has 4 rings (SSSR count). The number of rotatable bonds is 5. The van der Waals surface area contributed by atoms with Crippen LogP contribution in [0.1, 0.15) is 15.9 Å². The third-order valence-electron chi connectivity index (χ3n) is 4.55. The zero-order valence-electron chi connectivity index (χ0n) is 16.4. The molecule has 0 bridgehead atoms. The van der Waals surface area contributed by atoms with E-state index in [4.69, 9.17) is 13.9 Å². The number of carbonyl (C=O) groups excluding carboxylic acids is 1. The lowest BCUT2D eigenvalue weighted by molar-refractivity contribution is 0.102. The Labute approximate surface area is 168 Å². The summed E-state index contributed by atoms with van der Waals surface area (Å²) in [6, 6.07) is 18.3. The normalized spacial score (nSPS) is 10.7. The van der Waals surface area contributed by atoms with Gasteiger partial charge in [-0.25, -0.2) is 4.98 Å². The van der Waals surface area contributed by atoms with E-state index in [2.05, 4.69) is 10.3 Å². The van der Waals surface area contributed by atoms with Crippen molar-refractivity contribution in [3.05, 3.63) is 71.8 Å².